The molecule has 20 heavy (non-hydrogen) atoms. The Morgan fingerprint density at radius 1 is 1.35 bits per heavy atom. The summed E-state index contributed by atoms with van der Waals surface area (Å²) in [6, 6.07) is 4.98. The molecule has 1 aromatic carbocycles. The fraction of sp³-hybridized carbons (Fsp3) is 0.500. The second-order valence-corrected chi connectivity index (χ2v) is 7.05. The third-order valence-electron chi connectivity index (χ3n) is 3.15. The van der Waals surface area contributed by atoms with Crippen LogP contribution in [0.5, 0.6) is 0 Å². The van der Waals surface area contributed by atoms with Crippen molar-refractivity contribution < 1.29 is 8.42 Å². The maximum absolute atomic E-state index is 12.1. The Labute approximate surface area is 135 Å². The molecular formula is C12H17Cl3N2O2S. The van der Waals surface area contributed by atoms with Crippen LogP contribution >= 0.6 is 35.6 Å². The summed E-state index contributed by atoms with van der Waals surface area (Å²) in [4.78, 5) is 0.0287. The van der Waals surface area contributed by atoms with Crippen LogP contribution in [0.2, 0.25) is 10.0 Å². The Balaban J connectivity index is 0.00000200. The topological polar surface area (TPSA) is 58.2 Å². The van der Waals surface area contributed by atoms with Crippen LogP contribution in [-0.2, 0) is 10.0 Å². The van der Waals surface area contributed by atoms with E-state index < -0.39 is 10.0 Å². The SMILES string of the molecule is Cl.O=S(=O)(NCC[C@H]1CCCN1)c1cccc(Cl)c1Cl. The number of hydrogen-bond acceptors (Lipinski definition) is 3. The zero-order valence-corrected chi connectivity index (χ0v) is 13.9. The van der Waals surface area contributed by atoms with Crippen molar-refractivity contribution in [1.29, 1.82) is 0 Å². The van der Waals surface area contributed by atoms with Gasteiger partial charge in [-0.25, -0.2) is 13.1 Å². The van der Waals surface area contributed by atoms with Crippen LogP contribution in [-0.4, -0.2) is 27.5 Å². The Morgan fingerprint density at radius 2 is 2.10 bits per heavy atom. The highest BCUT2D eigenvalue weighted by molar-refractivity contribution is 7.89. The maximum atomic E-state index is 12.1. The van der Waals surface area contributed by atoms with Gasteiger partial charge in [-0.05, 0) is 37.9 Å². The van der Waals surface area contributed by atoms with Crippen LogP contribution in [0.4, 0.5) is 0 Å². The molecule has 0 amide bonds. The molecule has 0 aliphatic carbocycles. The van der Waals surface area contributed by atoms with E-state index in [0.717, 1.165) is 25.8 Å². The van der Waals surface area contributed by atoms with Gasteiger partial charge in [0.05, 0.1) is 10.0 Å². The molecule has 1 heterocycles. The molecule has 0 spiro atoms. The van der Waals surface area contributed by atoms with Gasteiger partial charge >= 0.3 is 0 Å². The lowest BCUT2D eigenvalue weighted by Gasteiger charge is -2.12. The van der Waals surface area contributed by atoms with Crippen molar-refractivity contribution in [3.05, 3.63) is 28.2 Å². The van der Waals surface area contributed by atoms with Crippen molar-refractivity contribution >= 4 is 45.6 Å². The molecule has 2 N–H and O–H groups in total. The van der Waals surface area contributed by atoms with Crippen molar-refractivity contribution in [2.24, 2.45) is 0 Å². The van der Waals surface area contributed by atoms with Crippen LogP contribution in [0.1, 0.15) is 19.3 Å². The highest BCUT2D eigenvalue weighted by Gasteiger charge is 2.20. The van der Waals surface area contributed by atoms with E-state index in [0.29, 0.717) is 12.6 Å². The quantitative estimate of drug-likeness (QED) is 0.850. The van der Waals surface area contributed by atoms with E-state index in [1.165, 1.54) is 6.07 Å². The van der Waals surface area contributed by atoms with E-state index in [2.05, 4.69) is 10.0 Å². The average Bonchev–Trinajstić information content (AvgIpc) is 2.85. The van der Waals surface area contributed by atoms with E-state index in [1.54, 1.807) is 12.1 Å². The first kappa shape index (κ1) is 18.0. The highest BCUT2D eigenvalue weighted by Crippen LogP contribution is 2.28. The van der Waals surface area contributed by atoms with Gasteiger partial charge in [-0.2, -0.15) is 0 Å². The number of sulfonamides is 1. The first-order valence-corrected chi connectivity index (χ1v) is 8.41. The van der Waals surface area contributed by atoms with Crippen molar-refractivity contribution in [3.8, 4) is 0 Å². The van der Waals surface area contributed by atoms with E-state index >= 15 is 0 Å². The Kier molecular flexibility index (Phi) is 7.04. The number of nitrogens with one attached hydrogen (secondary N) is 2. The lowest BCUT2D eigenvalue weighted by atomic mass is 10.2. The van der Waals surface area contributed by atoms with E-state index in [-0.39, 0.29) is 27.3 Å². The molecule has 0 unspecified atom stereocenters. The van der Waals surface area contributed by atoms with Gasteiger partial charge in [0.1, 0.15) is 4.90 Å². The van der Waals surface area contributed by atoms with Gasteiger partial charge in [-0.3, -0.25) is 0 Å². The lowest BCUT2D eigenvalue weighted by molar-refractivity contribution is 0.539. The second-order valence-electron chi connectivity index (χ2n) is 4.53. The highest BCUT2D eigenvalue weighted by atomic mass is 35.5. The molecule has 0 aromatic heterocycles. The minimum Gasteiger partial charge on any atom is -0.314 e. The first-order chi connectivity index (χ1) is 9.00. The Morgan fingerprint density at radius 3 is 2.75 bits per heavy atom. The van der Waals surface area contributed by atoms with Gasteiger partial charge in [0.25, 0.3) is 0 Å². The second kappa shape index (κ2) is 7.82. The predicted molar refractivity (Wildman–Crippen MR) is 84.5 cm³/mol. The fourth-order valence-corrected chi connectivity index (χ4v) is 3.95. The molecule has 2 rings (SSSR count). The molecule has 4 nitrogen and oxygen atoms in total. The number of halogens is 3. The average molecular weight is 360 g/mol. The van der Waals surface area contributed by atoms with Crippen LogP contribution in [0.15, 0.2) is 23.1 Å². The van der Waals surface area contributed by atoms with Crippen LogP contribution in [0.25, 0.3) is 0 Å². The normalized spacial score (nSPS) is 18.8. The summed E-state index contributed by atoms with van der Waals surface area (Å²) in [5.41, 5.74) is 0. The Hall–Kier alpha value is -0.0400. The van der Waals surface area contributed by atoms with E-state index in [4.69, 9.17) is 23.2 Å². The molecule has 1 aromatic rings. The van der Waals surface area contributed by atoms with Gasteiger partial charge in [0, 0.05) is 12.6 Å². The van der Waals surface area contributed by atoms with Crippen molar-refractivity contribution in [2.45, 2.75) is 30.2 Å². The van der Waals surface area contributed by atoms with Crippen molar-refractivity contribution in [1.82, 2.24) is 10.0 Å². The summed E-state index contributed by atoms with van der Waals surface area (Å²) in [6.07, 6.45) is 3.02. The smallest absolute Gasteiger partial charge is 0.242 e. The fourth-order valence-electron chi connectivity index (χ4n) is 2.14. The summed E-state index contributed by atoms with van der Waals surface area (Å²) in [7, 11) is -3.60. The summed E-state index contributed by atoms with van der Waals surface area (Å²) in [5, 5.41) is 3.62. The minimum atomic E-state index is -3.60. The third-order valence-corrected chi connectivity index (χ3v) is 5.59. The van der Waals surface area contributed by atoms with Crippen LogP contribution < -0.4 is 10.0 Å². The molecule has 0 radical (unpaired) electrons. The summed E-state index contributed by atoms with van der Waals surface area (Å²) >= 11 is 11.7. The molecule has 8 heteroatoms. The molecule has 0 saturated carbocycles. The van der Waals surface area contributed by atoms with Crippen molar-refractivity contribution in [3.63, 3.8) is 0 Å². The monoisotopic (exact) mass is 358 g/mol. The summed E-state index contributed by atoms with van der Waals surface area (Å²) < 4.78 is 26.8. The molecule has 1 fully saturated rings. The van der Waals surface area contributed by atoms with E-state index in [9.17, 15) is 8.42 Å². The number of hydrogen-bond donors (Lipinski definition) is 2. The van der Waals surface area contributed by atoms with Crippen molar-refractivity contribution in [2.75, 3.05) is 13.1 Å². The molecular weight excluding hydrogens is 343 g/mol. The molecule has 1 aliphatic heterocycles. The summed E-state index contributed by atoms with van der Waals surface area (Å²) in [6.45, 7) is 1.40. The minimum absolute atomic E-state index is 0. The van der Waals surface area contributed by atoms with Crippen LogP contribution in [0, 0.1) is 0 Å². The van der Waals surface area contributed by atoms with Gasteiger partial charge in [0.2, 0.25) is 10.0 Å². The molecule has 1 saturated heterocycles. The van der Waals surface area contributed by atoms with E-state index in [1.807, 2.05) is 0 Å². The Bertz CT molecular complexity index is 546. The molecule has 114 valence electrons. The molecule has 1 atom stereocenters. The number of benzene rings is 1. The van der Waals surface area contributed by atoms with Crippen LogP contribution in [0.3, 0.4) is 0 Å². The third kappa shape index (κ3) is 4.48. The molecule has 1 aliphatic rings. The molecule has 0 bridgehead atoms. The van der Waals surface area contributed by atoms with Gasteiger partial charge in [-0.1, -0.05) is 29.3 Å². The standard InChI is InChI=1S/C12H16Cl2N2O2S.ClH/c13-10-4-1-5-11(12(10)14)19(17,18)16-8-6-9-3-2-7-15-9;/h1,4-5,9,15-16H,2-3,6-8H2;1H/t9-;/m1./s1. The zero-order valence-electron chi connectivity index (χ0n) is 10.7. The summed E-state index contributed by atoms with van der Waals surface area (Å²) in [5.74, 6) is 0. The predicted octanol–water partition coefficient (Wildman–Crippen LogP) is 2.84. The zero-order chi connectivity index (χ0) is 13.9. The van der Waals surface area contributed by atoms with Gasteiger partial charge in [-0.15, -0.1) is 12.4 Å². The van der Waals surface area contributed by atoms with Gasteiger partial charge < -0.3 is 5.32 Å². The first-order valence-electron chi connectivity index (χ1n) is 6.18. The van der Waals surface area contributed by atoms with Gasteiger partial charge in [0.15, 0.2) is 0 Å². The lowest BCUT2D eigenvalue weighted by Crippen LogP contribution is -2.30. The largest absolute Gasteiger partial charge is 0.314 e. The number of rotatable bonds is 5. The maximum Gasteiger partial charge on any atom is 0.242 e.